The lowest BCUT2D eigenvalue weighted by Gasteiger charge is -2.08. The molecule has 0 aliphatic rings. The molecular weight excluding hydrogens is 268 g/mol. The quantitative estimate of drug-likeness (QED) is 0.764. The SMILES string of the molecule is Cc1ccc(C(C)C)cc1/C=C/CCS(=O)(=O)Cl. The molecule has 2 nitrogen and oxygen atoms in total. The number of hydrogen-bond acceptors (Lipinski definition) is 2. The van der Waals surface area contributed by atoms with Crippen molar-refractivity contribution in [2.45, 2.75) is 33.1 Å². The van der Waals surface area contributed by atoms with Crippen LogP contribution in [0.15, 0.2) is 24.3 Å². The number of halogens is 1. The number of rotatable bonds is 5. The van der Waals surface area contributed by atoms with E-state index in [0.29, 0.717) is 12.3 Å². The van der Waals surface area contributed by atoms with E-state index in [4.69, 9.17) is 10.7 Å². The van der Waals surface area contributed by atoms with Gasteiger partial charge in [-0.15, -0.1) is 0 Å². The lowest BCUT2D eigenvalue weighted by atomic mass is 9.97. The van der Waals surface area contributed by atoms with Crippen molar-refractivity contribution in [1.29, 1.82) is 0 Å². The van der Waals surface area contributed by atoms with Gasteiger partial charge in [-0.1, -0.05) is 44.2 Å². The molecular formula is C14H19ClO2S. The molecule has 0 saturated heterocycles. The highest BCUT2D eigenvalue weighted by atomic mass is 35.7. The van der Waals surface area contributed by atoms with Crippen molar-refractivity contribution in [3.05, 3.63) is 41.0 Å². The molecule has 0 saturated carbocycles. The Morgan fingerprint density at radius 3 is 2.56 bits per heavy atom. The summed E-state index contributed by atoms with van der Waals surface area (Å²) in [5, 5.41) is 0. The van der Waals surface area contributed by atoms with Crippen LogP contribution in [0.3, 0.4) is 0 Å². The molecule has 1 aromatic rings. The molecule has 0 amide bonds. The number of benzene rings is 1. The van der Waals surface area contributed by atoms with Crippen molar-refractivity contribution in [2.75, 3.05) is 5.75 Å². The van der Waals surface area contributed by atoms with E-state index in [1.165, 1.54) is 11.1 Å². The Morgan fingerprint density at radius 1 is 1.33 bits per heavy atom. The average Bonchev–Trinajstić information content (AvgIpc) is 2.24. The number of hydrogen-bond donors (Lipinski definition) is 0. The zero-order chi connectivity index (χ0) is 13.8. The van der Waals surface area contributed by atoms with Crippen LogP contribution in [0, 0.1) is 6.92 Å². The Bertz CT molecular complexity index is 531. The van der Waals surface area contributed by atoms with Gasteiger partial charge < -0.3 is 0 Å². The summed E-state index contributed by atoms with van der Waals surface area (Å²) in [7, 11) is 1.76. The Balaban J connectivity index is 2.77. The van der Waals surface area contributed by atoms with Crippen molar-refractivity contribution in [2.24, 2.45) is 0 Å². The Kier molecular flexibility index (Phi) is 5.42. The van der Waals surface area contributed by atoms with Gasteiger partial charge in [0.2, 0.25) is 9.05 Å². The molecule has 0 atom stereocenters. The molecule has 0 aromatic heterocycles. The zero-order valence-electron chi connectivity index (χ0n) is 11.0. The van der Waals surface area contributed by atoms with E-state index in [9.17, 15) is 8.42 Å². The third kappa shape index (κ3) is 5.23. The standard InChI is InChI=1S/C14H19ClO2S/c1-11(2)13-8-7-12(3)14(10-13)6-4-5-9-18(15,16)17/h4,6-8,10-11H,5,9H2,1-3H3/b6-4+. The van der Waals surface area contributed by atoms with E-state index in [-0.39, 0.29) is 5.75 Å². The predicted octanol–water partition coefficient (Wildman–Crippen LogP) is 4.09. The molecule has 4 heteroatoms. The number of aryl methyl sites for hydroxylation is 1. The minimum absolute atomic E-state index is 0.0199. The highest BCUT2D eigenvalue weighted by molar-refractivity contribution is 8.13. The van der Waals surface area contributed by atoms with Crippen molar-refractivity contribution < 1.29 is 8.42 Å². The fourth-order valence-corrected chi connectivity index (χ4v) is 2.30. The predicted molar refractivity (Wildman–Crippen MR) is 78.6 cm³/mol. The third-order valence-electron chi connectivity index (χ3n) is 2.80. The molecule has 0 aliphatic carbocycles. The second-order valence-corrected chi connectivity index (χ2v) is 7.60. The van der Waals surface area contributed by atoms with Crippen LogP contribution < -0.4 is 0 Å². The van der Waals surface area contributed by atoms with Gasteiger partial charge in [0, 0.05) is 10.7 Å². The minimum atomic E-state index is -3.39. The van der Waals surface area contributed by atoms with Gasteiger partial charge in [0.15, 0.2) is 0 Å². The molecule has 0 spiro atoms. The molecule has 1 rings (SSSR count). The van der Waals surface area contributed by atoms with Crippen LogP contribution in [0.4, 0.5) is 0 Å². The van der Waals surface area contributed by atoms with E-state index >= 15 is 0 Å². The van der Waals surface area contributed by atoms with Gasteiger partial charge in [0.25, 0.3) is 0 Å². The first-order valence-electron chi connectivity index (χ1n) is 5.99. The molecule has 0 unspecified atom stereocenters. The maximum Gasteiger partial charge on any atom is 0.232 e. The molecule has 100 valence electrons. The lowest BCUT2D eigenvalue weighted by Crippen LogP contribution is -1.94. The van der Waals surface area contributed by atoms with Gasteiger partial charge in [-0.25, -0.2) is 8.42 Å². The van der Waals surface area contributed by atoms with Crippen LogP contribution >= 0.6 is 10.7 Å². The van der Waals surface area contributed by atoms with E-state index in [2.05, 4.69) is 32.0 Å². The normalized spacial score (nSPS) is 12.5. The molecule has 0 bridgehead atoms. The van der Waals surface area contributed by atoms with Gasteiger partial charge >= 0.3 is 0 Å². The smallest absolute Gasteiger partial charge is 0.212 e. The summed E-state index contributed by atoms with van der Waals surface area (Å²) in [6.07, 6.45) is 4.26. The van der Waals surface area contributed by atoms with Gasteiger partial charge in [-0.3, -0.25) is 0 Å². The first kappa shape index (κ1) is 15.3. The monoisotopic (exact) mass is 286 g/mol. The molecule has 0 heterocycles. The van der Waals surface area contributed by atoms with Gasteiger partial charge in [-0.05, 0) is 36.0 Å². The molecule has 0 N–H and O–H groups in total. The van der Waals surface area contributed by atoms with Crippen LogP contribution in [0.2, 0.25) is 0 Å². The van der Waals surface area contributed by atoms with Crippen molar-refractivity contribution in [1.82, 2.24) is 0 Å². The van der Waals surface area contributed by atoms with Crippen LogP contribution in [0.25, 0.3) is 6.08 Å². The average molecular weight is 287 g/mol. The summed E-state index contributed by atoms with van der Waals surface area (Å²) in [5.41, 5.74) is 3.60. The van der Waals surface area contributed by atoms with Gasteiger partial charge in [0.05, 0.1) is 5.75 Å². The van der Waals surface area contributed by atoms with E-state index in [1.807, 2.05) is 19.1 Å². The fourth-order valence-electron chi connectivity index (χ4n) is 1.62. The molecule has 0 fully saturated rings. The van der Waals surface area contributed by atoms with Crippen LogP contribution in [-0.2, 0) is 9.05 Å². The Hall–Kier alpha value is -0.800. The summed E-state index contributed by atoms with van der Waals surface area (Å²) in [6.45, 7) is 6.35. The van der Waals surface area contributed by atoms with Crippen molar-refractivity contribution in [3.63, 3.8) is 0 Å². The van der Waals surface area contributed by atoms with Crippen molar-refractivity contribution in [3.8, 4) is 0 Å². The summed E-state index contributed by atoms with van der Waals surface area (Å²) in [6, 6.07) is 6.36. The largest absolute Gasteiger partial charge is 0.232 e. The molecule has 0 radical (unpaired) electrons. The van der Waals surface area contributed by atoms with Gasteiger partial charge in [-0.2, -0.15) is 0 Å². The third-order valence-corrected chi connectivity index (χ3v) is 3.98. The van der Waals surface area contributed by atoms with Gasteiger partial charge in [0.1, 0.15) is 0 Å². The Labute approximate surface area is 114 Å². The molecule has 18 heavy (non-hydrogen) atoms. The highest BCUT2D eigenvalue weighted by Crippen LogP contribution is 2.19. The minimum Gasteiger partial charge on any atom is -0.212 e. The van der Waals surface area contributed by atoms with E-state index in [1.54, 1.807) is 0 Å². The van der Waals surface area contributed by atoms with E-state index in [0.717, 1.165) is 5.56 Å². The second kappa shape index (κ2) is 6.39. The summed E-state index contributed by atoms with van der Waals surface area (Å²) in [5.74, 6) is 0.467. The molecule has 0 aliphatic heterocycles. The Morgan fingerprint density at radius 2 is 2.00 bits per heavy atom. The second-order valence-electron chi connectivity index (χ2n) is 4.70. The fraction of sp³-hybridized carbons (Fsp3) is 0.429. The van der Waals surface area contributed by atoms with Crippen molar-refractivity contribution >= 4 is 25.8 Å². The maximum absolute atomic E-state index is 10.8. The summed E-state index contributed by atoms with van der Waals surface area (Å²) >= 11 is 0. The number of allylic oxidation sites excluding steroid dienone is 1. The van der Waals surface area contributed by atoms with Crippen LogP contribution in [0.1, 0.15) is 42.9 Å². The molecule has 1 aromatic carbocycles. The highest BCUT2D eigenvalue weighted by Gasteiger charge is 2.03. The van der Waals surface area contributed by atoms with Crippen LogP contribution in [-0.4, -0.2) is 14.2 Å². The first-order valence-corrected chi connectivity index (χ1v) is 8.47. The lowest BCUT2D eigenvalue weighted by molar-refractivity contribution is 0.609. The summed E-state index contributed by atoms with van der Waals surface area (Å²) in [4.78, 5) is 0. The van der Waals surface area contributed by atoms with E-state index < -0.39 is 9.05 Å². The summed E-state index contributed by atoms with van der Waals surface area (Å²) < 4.78 is 21.6. The maximum atomic E-state index is 10.8. The van der Waals surface area contributed by atoms with Crippen LogP contribution in [0.5, 0.6) is 0 Å². The zero-order valence-corrected chi connectivity index (χ0v) is 12.6. The topological polar surface area (TPSA) is 34.1 Å². The first-order chi connectivity index (χ1) is 8.29.